The van der Waals surface area contributed by atoms with E-state index in [4.69, 9.17) is 5.73 Å². The van der Waals surface area contributed by atoms with Crippen molar-refractivity contribution >= 4 is 10.0 Å². The maximum absolute atomic E-state index is 11.6. The standard InChI is InChI=1S/C11H26N2O2S/c1-5-6-10(12)9-13-16(14,15)8-7-11(2,3)4/h10,13H,5-9,12H2,1-4H3. The zero-order valence-corrected chi connectivity index (χ0v) is 11.7. The first-order valence-electron chi connectivity index (χ1n) is 5.89. The molecule has 0 amide bonds. The molecule has 0 saturated heterocycles. The van der Waals surface area contributed by atoms with Gasteiger partial charge in [0.15, 0.2) is 0 Å². The highest BCUT2D eigenvalue weighted by Crippen LogP contribution is 2.18. The van der Waals surface area contributed by atoms with E-state index in [2.05, 4.69) is 4.72 Å². The van der Waals surface area contributed by atoms with Crippen LogP contribution >= 0.6 is 0 Å². The molecule has 0 radical (unpaired) electrons. The Labute approximate surface area is 100 Å². The molecular formula is C11H26N2O2S. The molecule has 1 atom stereocenters. The lowest BCUT2D eigenvalue weighted by molar-refractivity contribution is 0.396. The van der Waals surface area contributed by atoms with Crippen LogP contribution < -0.4 is 10.5 Å². The second-order valence-corrected chi connectivity index (χ2v) is 7.45. The third kappa shape index (κ3) is 9.12. The topological polar surface area (TPSA) is 72.2 Å². The van der Waals surface area contributed by atoms with Crippen LogP contribution in [-0.4, -0.2) is 26.8 Å². The van der Waals surface area contributed by atoms with Crippen molar-refractivity contribution in [3.8, 4) is 0 Å². The first-order chi connectivity index (χ1) is 7.16. The summed E-state index contributed by atoms with van der Waals surface area (Å²) in [6.45, 7) is 8.48. The minimum atomic E-state index is -3.16. The van der Waals surface area contributed by atoms with Crippen molar-refractivity contribution in [1.82, 2.24) is 4.72 Å². The van der Waals surface area contributed by atoms with Gasteiger partial charge in [0.1, 0.15) is 0 Å². The first kappa shape index (κ1) is 15.9. The van der Waals surface area contributed by atoms with Crippen molar-refractivity contribution in [2.45, 2.75) is 53.0 Å². The van der Waals surface area contributed by atoms with E-state index in [0.29, 0.717) is 13.0 Å². The minimum absolute atomic E-state index is 0.0419. The van der Waals surface area contributed by atoms with Crippen LogP contribution in [0.3, 0.4) is 0 Å². The minimum Gasteiger partial charge on any atom is -0.327 e. The van der Waals surface area contributed by atoms with Crippen LogP contribution in [0.25, 0.3) is 0 Å². The summed E-state index contributed by atoms with van der Waals surface area (Å²) in [5, 5.41) is 0. The second-order valence-electron chi connectivity index (χ2n) is 5.53. The fourth-order valence-corrected chi connectivity index (χ4v) is 2.71. The Bertz CT molecular complexity index is 281. The van der Waals surface area contributed by atoms with Crippen LogP contribution in [0.15, 0.2) is 0 Å². The van der Waals surface area contributed by atoms with Crippen LogP contribution in [0.5, 0.6) is 0 Å². The molecule has 3 N–H and O–H groups in total. The fourth-order valence-electron chi connectivity index (χ4n) is 1.22. The van der Waals surface area contributed by atoms with Crippen LogP contribution in [-0.2, 0) is 10.0 Å². The van der Waals surface area contributed by atoms with Gasteiger partial charge in [0.05, 0.1) is 5.75 Å². The molecule has 5 heteroatoms. The van der Waals surface area contributed by atoms with E-state index in [1.54, 1.807) is 0 Å². The van der Waals surface area contributed by atoms with Crippen molar-refractivity contribution in [1.29, 1.82) is 0 Å². The molecule has 0 aliphatic rings. The lowest BCUT2D eigenvalue weighted by atomic mass is 9.94. The number of nitrogens with one attached hydrogen (secondary N) is 1. The van der Waals surface area contributed by atoms with Gasteiger partial charge in [-0.3, -0.25) is 0 Å². The smallest absolute Gasteiger partial charge is 0.211 e. The van der Waals surface area contributed by atoms with Crippen LogP contribution in [0, 0.1) is 5.41 Å². The first-order valence-corrected chi connectivity index (χ1v) is 7.54. The predicted molar refractivity (Wildman–Crippen MR) is 68.7 cm³/mol. The van der Waals surface area contributed by atoms with Crippen LogP contribution in [0.1, 0.15) is 47.0 Å². The average Bonchev–Trinajstić information content (AvgIpc) is 2.12. The molecular weight excluding hydrogens is 224 g/mol. The van der Waals surface area contributed by atoms with Gasteiger partial charge in [-0.15, -0.1) is 0 Å². The maximum Gasteiger partial charge on any atom is 0.211 e. The predicted octanol–water partition coefficient (Wildman–Crippen LogP) is 1.47. The largest absolute Gasteiger partial charge is 0.327 e. The highest BCUT2D eigenvalue weighted by atomic mass is 32.2. The molecule has 0 aromatic rings. The number of rotatable bonds is 7. The summed E-state index contributed by atoms with van der Waals surface area (Å²) in [6, 6.07) is -0.0746. The molecule has 0 saturated carbocycles. The van der Waals surface area contributed by atoms with Gasteiger partial charge in [0.2, 0.25) is 10.0 Å². The SMILES string of the molecule is CCCC(N)CNS(=O)(=O)CCC(C)(C)C. The van der Waals surface area contributed by atoms with E-state index >= 15 is 0 Å². The van der Waals surface area contributed by atoms with Crippen molar-refractivity contribution < 1.29 is 8.42 Å². The summed E-state index contributed by atoms with van der Waals surface area (Å²) < 4.78 is 25.8. The lowest BCUT2D eigenvalue weighted by Crippen LogP contribution is -2.38. The quantitative estimate of drug-likeness (QED) is 0.718. The molecule has 0 aromatic carbocycles. The Kier molecular flexibility index (Phi) is 6.51. The van der Waals surface area contributed by atoms with Gasteiger partial charge in [0, 0.05) is 12.6 Å². The average molecular weight is 250 g/mol. The van der Waals surface area contributed by atoms with Crippen LogP contribution in [0.2, 0.25) is 0 Å². The highest BCUT2D eigenvalue weighted by molar-refractivity contribution is 7.89. The van der Waals surface area contributed by atoms with Crippen molar-refractivity contribution in [3.63, 3.8) is 0 Å². The summed E-state index contributed by atoms with van der Waals surface area (Å²) in [5.41, 5.74) is 5.79. The number of hydrogen-bond donors (Lipinski definition) is 2. The summed E-state index contributed by atoms with van der Waals surface area (Å²) in [6.07, 6.45) is 2.48. The fraction of sp³-hybridized carbons (Fsp3) is 1.00. The molecule has 98 valence electrons. The summed E-state index contributed by atoms with van der Waals surface area (Å²) in [5.74, 6) is 0.176. The van der Waals surface area contributed by atoms with Gasteiger partial charge in [-0.25, -0.2) is 13.1 Å². The van der Waals surface area contributed by atoms with Gasteiger partial charge in [-0.05, 0) is 18.3 Å². The van der Waals surface area contributed by atoms with Gasteiger partial charge in [-0.2, -0.15) is 0 Å². The molecule has 0 rings (SSSR count). The van der Waals surface area contributed by atoms with Crippen molar-refractivity contribution in [2.75, 3.05) is 12.3 Å². The Morgan fingerprint density at radius 3 is 2.31 bits per heavy atom. The molecule has 0 heterocycles. The van der Waals surface area contributed by atoms with Gasteiger partial charge >= 0.3 is 0 Å². The Hall–Kier alpha value is -0.130. The summed E-state index contributed by atoms with van der Waals surface area (Å²) in [7, 11) is -3.16. The monoisotopic (exact) mass is 250 g/mol. The third-order valence-electron chi connectivity index (χ3n) is 2.35. The van der Waals surface area contributed by atoms with Crippen molar-refractivity contribution in [3.05, 3.63) is 0 Å². The summed E-state index contributed by atoms with van der Waals surface area (Å²) in [4.78, 5) is 0. The zero-order valence-electron chi connectivity index (χ0n) is 10.9. The third-order valence-corrected chi connectivity index (χ3v) is 3.69. The van der Waals surface area contributed by atoms with E-state index in [1.807, 2.05) is 27.7 Å². The summed E-state index contributed by atoms with van der Waals surface area (Å²) >= 11 is 0. The molecule has 0 spiro atoms. The number of sulfonamides is 1. The van der Waals surface area contributed by atoms with E-state index < -0.39 is 10.0 Å². The molecule has 0 aromatic heterocycles. The molecule has 0 aliphatic heterocycles. The lowest BCUT2D eigenvalue weighted by Gasteiger charge is -2.18. The number of nitrogens with two attached hydrogens (primary N) is 1. The molecule has 0 aliphatic carbocycles. The van der Waals surface area contributed by atoms with Crippen molar-refractivity contribution in [2.24, 2.45) is 11.1 Å². The molecule has 1 unspecified atom stereocenters. The van der Waals surface area contributed by atoms with Gasteiger partial charge in [-0.1, -0.05) is 34.1 Å². The maximum atomic E-state index is 11.6. The molecule has 0 fully saturated rings. The highest BCUT2D eigenvalue weighted by Gasteiger charge is 2.17. The van der Waals surface area contributed by atoms with Gasteiger partial charge < -0.3 is 5.73 Å². The van der Waals surface area contributed by atoms with E-state index in [0.717, 1.165) is 12.8 Å². The van der Waals surface area contributed by atoms with Crippen LogP contribution in [0.4, 0.5) is 0 Å². The van der Waals surface area contributed by atoms with E-state index in [9.17, 15) is 8.42 Å². The number of hydrogen-bond acceptors (Lipinski definition) is 3. The molecule has 0 bridgehead atoms. The Morgan fingerprint density at radius 2 is 1.88 bits per heavy atom. The Balaban J connectivity index is 3.97. The molecule has 4 nitrogen and oxygen atoms in total. The van der Waals surface area contributed by atoms with E-state index in [-0.39, 0.29) is 17.2 Å². The van der Waals surface area contributed by atoms with E-state index in [1.165, 1.54) is 0 Å². The van der Waals surface area contributed by atoms with Gasteiger partial charge in [0.25, 0.3) is 0 Å². The zero-order chi connectivity index (χ0) is 12.8. The molecule has 16 heavy (non-hydrogen) atoms. The second kappa shape index (κ2) is 6.57. The normalized spacial score (nSPS) is 15.1. The Morgan fingerprint density at radius 1 is 1.31 bits per heavy atom.